The number of nitrogens with one attached hydrogen (secondary N) is 1. The van der Waals surface area contributed by atoms with E-state index >= 15 is 0 Å². The Hall–Kier alpha value is -1.31. The minimum atomic E-state index is -0.528. The molecule has 0 aliphatic carbocycles. The SMILES string of the molecule is CC(C)[C@H](CC(=O)OCI)NC(=O)OCc1ccccc1. The molecule has 1 N–H and O–H groups in total. The van der Waals surface area contributed by atoms with Gasteiger partial charge in [0.05, 0.1) is 6.42 Å². The van der Waals surface area contributed by atoms with Crippen molar-refractivity contribution < 1.29 is 19.1 Å². The van der Waals surface area contributed by atoms with Crippen molar-refractivity contribution in [2.45, 2.75) is 32.9 Å². The summed E-state index contributed by atoms with van der Waals surface area (Å²) in [5.41, 5.74) is 0.915. The van der Waals surface area contributed by atoms with Gasteiger partial charge < -0.3 is 14.8 Å². The number of hydrogen-bond donors (Lipinski definition) is 1. The molecular formula is C15H20INO4. The lowest BCUT2D eigenvalue weighted by molar-refractivity contribution is -0.141. The number of alkyl carbamates (subject to hydrolysis) is 1. The molecule has 0 aromatic heterocycles. The van der Waals surface area contributed by atoms with Crippen LogP contribution in [0.25, 0.3) is 0 Å². The zero-order valence-corrected chi connectivity index (χ0v) is 14.3. The molecule has 21 heavy (non-hydrogen) atoms. The van der Waals surface area contributed by atoms with E-state index in [0.29, 0.717) is 4.61 Å². The van der Waals surface area contributed by atoms with Gasteiger partial charge in [0, 0.05) is 6.04 Å². The summed E-state index contributed by atoms with van der Waals surface area (Å²) in [6, 6.07) is 9.12. The van der Waals surface area contributed by atoms with E-state index in [1.54, 1.807) is 0 Å². The molecule has 1 amide bonds. The average molecular weight is 405 g/mol. The molecule has 0 unspecified atom stereocenters. The van der Waals surface area contributed by atoms with Crippen LogP contribution < -0.4 is 5.32 Å². The number of carbonyl (C=O) groups is 2. The van der Waals surface area contributed by atoms with Gasteiger partial charge in [-0.25, -0.2) is 4.79 Å². The van der Waals surface area contributed by atoms with Gasteiger partial charge in [-0.1, -0.05) is 44.2 Å². The number of carbonyl (C=O) groups excluding carboxylic acids is 2. The molecule has 0 spiro atoms. The van der Waals surface area contributed by atoms with Gasteiger partial charge in [-0.15, -0.1) is 0 Å². The first-order chi connectivity index (χ1) is 10.0. The highest BCUT2D eigenvalue weighted by Crippen LogP contribution is 2.09. The molecule has 1 aromatic rings. The molecule has 0 saturated carbocycles. The van der Waals surface area contributed by atoms with Gasteiger partial charge in [0.1, 0.15) is 11.2 Å². The first-order valence-corrected chi connectivity index (χ1v) is 8.24. The number of benzene rings is 1. The molecule has 0 aliphatic heterocycles. The molecular weight excluding hydrogens is 385 g/mol. The first-order valence-electron chi connectivity index (χ1n) is 6.71. The molecule has 0 saturated heterocycles. The molecule has 1 rings (SSSR count). The van der Waals surface area contributed by atoms with Crippen LogP contribution in [0, 0.1) is 5.92 Å². The van der Waals surface area contributed by atoms with Crippen LogP contribution in [0.3, 0.4) is 0 Å². The summed E-state index contributed by atoms with van der Waals surface area (Å²) in [5.74, 6) is -0.220. The first kappa shape index (κ1) is 17.7. The highest BCUT2D eigenvalue weighted by Gasteiger charge is 2.21. The molecule has 0 fully saturated rings. The summed E-state index contributed by atoms with van der Waals surface area (Å²) in [6.07, 6.45) is -0.388. The summed E-state index contributed by atoms with van der Waals surface area (Å²) in [5, 5.41) is 2.71. The lowest BCUT2D eigenvalue weighted by atomic mass is 10.0. The number of halogens is 1. The van der Waals surface area contributed by atoms with Crippen LogP contribution in [-0.4, -0.2) is 22.7 Å². The van der Waals surface area contributed by atoms with E-state index in [-0.39, 0.29) is 31.0 Å². The van der Waals surface area contributed by atoms with E-state index in [1.165, 1.54) is 0 Å². The second kappa shape index (κ2) is 9.59. The van der Waals surface area contributed by atoms with Crippen molar-refractivity contribution in [3.8, 4) is 0 Å². The number of hydrogen-bond acceptors (Lipinski definition) is 4. The maximum absolute atomic E-state index is 11.8. The van der Waals surface area contributed by atoms with Gasteiger partial charge in [-0.3, -0.25) is 4.79 Å². The van der Waals surface area contributed by atoms with E-state index in [0.717, 1.165) is 5.56 Å². The molecule has 116 valence electrons. The van der Waals surface area contributed by atoms with Crippen molar-refractivity contribution >= 4 is 34.7 Å². The maximum Gasteiger partial charge on any atom is 0.407 e. The van der Waals surface area contributed by atoms with Crippen molar-refractivity contribution in [2.24, 2.45) is 5.92 Å². The Morgan fingerprint density at radius 2 is 1.86 bits per heavy atom. The number of rotatable bonds is 7. The van der Waals surface area contributed by atoms with Gasteiger partial charge in [0.15, 0.2) is 0 Å². The molecule has 1 aromatic carbocycles. The van der Waals surface area contributed by atoms with Crippen molar-refractivity contribution in [3.05, 3.63) is 35.9 Å². The predicted molar refractivity (Wildman–Crippen MR) is 88.0 cm³/mol. The Morgan fingerprint density at radius 1 is 1.19 bits per heavy atom. The average Bonchev–Trinajstić information content (AvgIpc) is 2.45. The van der Waals surface area contributed by atoms with E-state index < -0.39 is 6.09 Å². The van der Waals surface area contributed by atoms with E-state index in [1.807, 2.05) is 66.8 Å². The quantitative estimate of drug-likeness (QED) is 0.430. The standard InChI is InChI=1S/C15H20INO4/c1-11(2)13(8-14(18)21-10-16)17-15(19)20-9-12-6-4-3-5-7-12/h3-7,11,13H,8-10H2,1-2H3,(H,17,19)/t13-/m0/s1. The smallest absolute Gasteiger partial charge is 0.407 e. The van der Waals surface area contributed by atoms with Crippen molar-refractivity contribution in [1.82, 2.24) is 5.32 Å². The number of alkyl halides is 1. The molecule has 6 heteroatoms. The fourth-order valence-electron chi connectivity index (χ4n) is 1.67. The third-order valence-electron chi connectivity index (χ3n) is 2.92. The predicted octanol–water partition coefficient (Wildman–Crippen LogP) is 3.26. The lowest BCUT2D eigenvalue weighted by Gasteiger charge is -2.21. The summed E-state index contributed by atoms with van der Waals surface area (Å²) in [7, 11) is 0. The fourth-order valence-corrected chi connectivity index (χ4v) is 2.02. The van der Waals surface area contributed by atoms with Crippen LogP contribution in [0.2, 0.25) is 0 Å². The summed E-state index contributed by atoms with van der Waals surface area (Å²) < 4.78 is 10.3. The number of esters is 1. The van der Waals surface area contributed by atoms with Gasteiger partial charge in [-0.2, -0.15) is 0 Å². The van der Waals surface area contributed by atoms with Gasteiger partial charge in [0.2, 0.25) is 0 Å². The Morgan fingerprint density at radius 3 is 2.43 bits per heavy atom. The van der Waals surface area contributed by atoms with Crippen LogP contribution in [0.5, 0.6) is 0 Å². The Balaban J connectivity index is 2.43. The monoisotopic (exact) mass is 405 g/mol. The third kappa shape index (κ3) is 7.31. The summed E-state index contributed by atoms with van der Waals surface area (Å²) >= 11 is 1.96. The van der Waals surface area contributed by atoms with Crippen LogP contribution in [0.1, 0.15) is 25.8 Å². The van der Waals surface area contributed by atoms with Gasteiger partial charge >= 0.3 is 12.1 Å². The highest BCUT2D eigenvalue weighted by molar-refractivity contribution is 14.1. The minimum Gasteiger partial charge on any atom is -0.455 e. The second-order valence-electron chi connectivity index (χ2n) is 4.89. The molecule has 1 atom stereocenters. The van der Waals surface area contributed by atoms with Crippen LogP contribution in [-0.2, 0) is 20.9 Å². The van der Waals surface area contributed by atoms with Crippen molar-refractivity contribution in [1.29, 1.82) is 0 Å². The largest absolute Gasteiger partial charge is 0.455 e. The Labute approximate surface area is 138 Å². The zero-order chi connectivity index (χ0) is 15.7. The minimum absolute atomic E-state index is 0.107. The summed E-state index contributed by atoms with van der Waals surface area (Å²) in [6.45, 7) is 4.06. The molecule has 0 aliphatic rings. The van der Waals surface area contributed by atoms with Crippen LogP contribution in [0.4, 0.5) is 4.79 Å². The van der Waals surface area contributed by atoms with E-state index in [9.17, 15) is 9.59 Å². The maximum atomic E-state index is 11.8. The summed E-state index contributed by atoms with van der Waals surface area (Å²) in [4.78, 5) is 23.3. The Bertz CT molecular complexity index is 450. The Kier molecular flexibility index (Phi) is 8.11. The molecule has 0 radical (unpaired) electrons. The molecule has 5 nitrogen and oxygen atoms in total. The zero-order valence-electron chi connectivity index (χ0n) is 12.2. The van der Waals surface area contributed by atoms with Gasteiger partial charge in [-0.05, 0) is 34.1 Å². The van der Waals surface area contributed by atoms with E-state index in [2.05, 4.69) is 5.32 Å². The van der Waals surface area contributed by atoms with Crippen molar-refractivity contribution in [2.75, 3.05) is 4.61 Å². The van der Waals surface area contributed by atoms with Gasteiger partial charge in [0.25, 0.3) is 0 Å². The molecule has 0 bridgehead atoms. The second-order valence-corrected chi connectivity index (χ2v) is 5.51. The molecule has 0 heterocycles. The number of amides is 1. The van der Waals surface area contributed by atoms with Crippen molar-refractivity contribution in [3.63, 3.8) is 0 Å². The lowest BCUT2D eigenvalue weighted by Crippen LogP contribution is -2.40. The third-order valence-corrected chi connectivity index (χ3v) is 3.23. The fraction of sp³-hybridized carbons (Fsp3) is 0.467. The van der Waals surface area contributed by atoms with Crippen LogP contribution in [0.15, 0.2) is 30.3 Å². The van der Waals surface area contributed by atoms with Crippen LogP contribution >= 0.6 is 22.6 Å². The highest BCUT2D eigenvalue weighted by atomic mass is 127. The topological polar surface area (TPSA) is 64.6 Å². The number of ether oxygens (including phenoxy) is 2. The van der Waals surface area contributed by atoms with E-state index in [4.69, 9.17) is 9.47 Å². The normalized spacial score (nSPS) is 11.8.